The molecule has 0 unspecified atom stereocenters. The minimum absolute atomic E-state index is 0.161. The summed E-state index contributed by atoms with van der Waals surface area (Å²) in [6.45, 7) is 6.09. The highest BCUT2D eigenvalue weighted by Crippen LogP contribution is 2.28. The summed E-state index contributed by atoms with van der Waals surface area (Å²) in [7, 11) is 3.05. The number of ether oxygens (including phenoxy) is 2. The fourth-order valence-electron chi connectivity index (χ4n) is 1.88. The number of aromatic nitrogens is 2. The number of methoxy groups -OCH3 is 2. The van der Waals surface area contributed by atoms with Crippen LogP contribution in [0.25, 0.3) is 10.9 Å². The van der Waals surface area contributed by atoms with Gasteiger partial charge in [0.25, 0.3) is 5.56 Å². The van der Waals surface area contributed by atoms with Gasteiger partial charge in [-0.2, -0.15) is 0 Å². The molecule has 0 radical (unpaired) electrons. The molecule has 2 aromatic rings. The Hall–Kier alpha value is -2.04. The van der Waals surface area contributed by atoms with E-state index in [0.29, 0.717) is 22.5 Å². The zero-order valence-corrected chi connectivity index (χ0v) is 11.8. The zero-order chi connectivity index (χ0) is 14.2. The van der Waals surface area contributed by atoms with Gasteiger partial charge < -0.3 is 14.5 Å². The lowest BCUT2D eigenvalue weighted by Crippen LogP contribution is -2.20. The highest BCUT2D eigenvalue weighted by Gasteiger charge is 2.18. The van der Waals surface area contributed by atoms with Gasteiger partial charge in [0.05, 0.1) is 19.7 Å². The SMILES string of the molecule is COc1cc(OC)c2c(=O)[nH]c(C(C)(C)C)cc2n1. The van der Waals surface area contributed by atoms with Crippen LogP contribution in [0.3, 0.4) is 0 Å². The van der Waals surface area contributed by atoms with E-state index in [9.17, 15) is 4.79 Å². The van der Waals surface area contributed by atoms with Crippen molar-refractivity contribution in [2.45, 2.75) is 26.2 Å². The Morgan fingerprint density at radius 1 is 1.16 bits per heavy atom. The van der Waals surface area contributed by atoms with Crippen LogP contribution in [0.5, 0.6) is 11.6 Å². The van der Waals surface area contributed by atoms with E-state index in [0.717, 1.165) is 5.69 Å². The second kappa shape index (κ2) is 4.57. The first-order valence-electron chi connectivity index (χ1n) is 6.03. The Bertz CT molecular complexity index is 669. The van der Waals surface area contributed by atoms with Crippen LogP contribution in [0, 0.1) is 0 Å². The van der Waals surface area contributed by atoms with Gasteiger partial charge in [0.1, 0.15) is 11.1 Å². The van der Waals surface area contributed by atoms with Crippen molar-refractivity contribution in [1.29, 1.82) is 0 Å². The van der Waals surface area contributed by atoms with Crippen molar-refractivity contribution < 1.29 is 9.47 Å². The van der Waals surface area contributed by atoms with E-state index in [4.69, 9.17) is 9.47 Å². The molecule has 2 rings (SSSR count). The molecule has 0 aromatic carbocycles. The first-order valence-corrected chi connectivity index (χ1v) is 6.03. The molecule has 0 amide bonds. The van der Waals surface area contributed by atoms with Crippen molar-refractivity contribution in [2.24, 2.45) is 0 Å². The molecule has 19 heavy (non-hydrogen) atoms. The summed E-state index contributed by atoms with van der Waals surface area (Å²) in [5.41, 5.74) is 1.04. The maximum absolute atomic E-state index is 12.2. The average Bonchev–Trinajstić information content (AvgIpc) is 2.35. The largest absolute Gasteiger partial charge is 0.496 e. The Kier molecular flexibility index (Phi) is 3.22. The predicted octanol–water partition coefficient (Wildman–Crippen LogP) is 2.24. The molecule has 0 saturated heterocycles. The quantitative estimate of drug-likeness (QED) is 0.901. The first-order chi connectivity index (χ1) is 8.86. The Morgan fingerprint density at radius 3 is 2.37 bits per heavy atom. The lowest BCUT2D eigenvalue weighted by atomic mass is 9.91. The summed E-state index contributed by atoms with van der Waals surface area (Å²) >= 11 is 0. The third-order valence-electron chi connectivity index (χ3n) is 2.98. The van der Waals surface area contributed by atoms with E-state index in [1.165, 1.54) is 14.2 Å². The molecule has 102 valence electrons. The molecule has 0 bridgehead atoms. The van der Waals surface area contributed by atoms with Crippen molar-refractivity contribution in [3.63, 3.8) is 0 Å². The number of hydrogen-bond donors (Lipinski definition) is 1. The first kappa shape index (κ1) is 13.4. The molecule has 2 heterocycles. The van der Waals surface area contributed by atoms with E-state index < -0.39 is 0 Å². The maximum Gasteiger partial charge on any atom is 0.261 e. The molecule has 0 spiro atoms. The van der Waals surface area contributed by atoms with Gasteiger partial charge in [-0.15, -0.1) is 0 Å². The van der Waals surface area contributed by atoms with E-state index in [-0.39, 0.29) is 11.0 Å². The molecule has 2 aromatic heterocycles. The Balaban J connectivity index is 2.84. The van der Waals surface area contributed by atoms with E-state index >= 15 is 0 Å². The van der Waals surface area contributed by atoms with Crippen molar-refractivity contribution >= 4 is 10.9 Å². The summed E-state index contributed by atoms with van der Waals surface area (Å²) in [6, 6.07) is 3.47. The fourth-order valence-corrected chi connectivity index (χ4v) is 1.88. The van der Waals surface area contributed by atoms with Gasteiger partial charge in [0.15, 0.2) is 0 Å². The van der Waals surface area contributed by atoms with E-state index in [2.05, 4.69) is 9.97 Å². The molecular formula is C14H18N2O3. The van der Waals surface area contributed by atoms with Crippen LogP contribution in [-0.2, 0) is 5.41 Å². The summed E-state index contributed by atoms with van der Waals surface area (Å²) < 4.78 is 10.4. The molecule has 0 atom stereocenters. The molecule has 0 aliphatic carbocycles. The van der Waals surface area contributed by atoms with Crippen LogP contribution in [0.1, 0.15) is 26.5 Å². The van der Waals surface area contributed by atoms with Crippen LogP contribution >= 0.6 is 0 Å². The molecule has 0 fully saturated rings. The van der Waals surface area contributed by atoms with Gasteiger partial charge >= 0.3 is 0 Å². The van der Waals surface area contributed by atoms with Gasteiger partial charge in [0, 0.05) is 17.2 Å². The predicted molar refractivity (Wildman–Crippen MR) is 74.2 cm³/mol. The second-order valence-electron chi connectivity index (χ2n) is 5.39. The highest BCUT2D eigenvalue weighted by atomic mass is 16.5. The van der Waals surface area contributed by atoms with Crippen LogP contribution in [0.4, 0.5) is 0 Å². The lowest BCUT2D eigenvalue weighted by Gasteiger charge is -2.19. The monoisotopic (exact) mass is 262 g/mol. The number of pyridine rings is 2. The van der Waals surface area contributed by atoms with Crippen LogP contribution in [0.15, 0.2) is 16.9 Å². The van der Waals surface area contributed by atoms with E-state index in [1.54, 1.807) is 6.07 Å². The van der Waals surface area contributed by atoms with Crippen molar-refractivity contribution in [3.05, 3.63) is 28.2 Å². The van der Waals surface area contributed by atoms with Gasteiger partial charge in [0.2, 0.25) is 5.88 Å². The summed E-state index contributed by atoms with van der Waals surface area (Å²) in [5.74, 6) is 0.887. The topological polar surface area (TPSA) is 64.2 Å². The Labute approximate surface area is 111 Å². The normalized spacial score (nSPS) is 11.6. The fraction of sp³-hybridized carbons (Fsp3) is 0.429. The number of fused-ring (bicyclic) bond motifs is 1. The molecule has 0 aliphatic heterocycles. The highest BCUT2D eigenvalue weighted by molar-refractivity contribution is 5.85. The summed E-state index contributed by atoms with van der Waals surface area (Å²) in [5, 5.41) is 0.441. The standard InChI is InChI=1S/C14H18N2O3/c1-14(2,3)10-6-8-12(13(17)16-10)9(18-4)7-11(15-8)19-5/h6-7H,1-5H3,(H,16,17). The molecule has 5 nitrogen and oxygen atoms in total. The van der Waals surface area contributed by atoms with Gasteiger partial charge in [-0.3, -0.25) is 4.79 Å². The number of aromatic amines is 1. The number of hydrogen-bond acceptors (Lipinski definition) is 4. The second-order valence-corrected chi connectivity index (χ2v) is 5.39. The summed E-state index contributed by atoms with van der Waals surface area (Å²) in [4.78, 5) is 19.4. The number of rotatable bonds is 2. The zero-order valence-electron chi connectivity index (χ0n) is 11.8. The van der Waals surface area contributed by atoms with Crippen LogP contribution < -0.4 is 15.0 Å². The van der Waals surface area contributed by atoms with E-state index in [1.807, 2.05) is 26.8 Å². The van der Waals surface area contributed by atoms with Crippen molar-refractivity contribution in [3.8, 4) is 11.6 Å². The van der Waals surface area contributed by atoms with Crippen LogP contribution in [0.2, 0.25) is 0 Å². The Morgan fingerprint density at radius 2 is 1.84 bits per heavy atom. The smallest absolute Gasteiger partial charge is 0.261 e. The molecular weight excluding hydrogens is 244 g/mol. The van der Waals surface area contributed by atoms with Crippen molar-refractivity contribution in [1.82, 2.24) is 9.97 Å². The van der Waals surface area contributed by atoms with Crippen LogP contribution in [-0.4, -0.2) is 24.2 Å². The molecule has 0 aliphatic rings. The third kappa shape index (κ3) is 2.41. The number of H-pyrrole nitrogens is 1. The van der Waals surface area contributed by atoms with Gasteiger partial charge in [-0.05, 0) is 6.07 Å². The number of nitrogens with one attached hydrogen (secondary N) is 1. The van der Waals surface area contributed by atoms with Gasteiger partial charge in [-0.1, -0.05) is 20.8 Å². The third-order valence-corrected chi connectivity index (χ3v) is 2.98. The van der Waals surface area contributed by atoms with Crippen molar-refractivity contribution in [2.75, 3.05) is 14.2 Å². The average molecular weight is 262 g/mol. The molecule has 1 N–H and O–H groups in total. The molecule has 5 heteroatoms. The summed E-state index contributed by atoms with van der Waals surface area (Å²) in [6.07, 6.45) is 0. The lowest BCUT2D eigenvalue weighted by molar-refractivity contribution is 0.386. The molecule has 0 saturated carbocycles. The number of nitrogens with zero attached hydrogens (tertiary/aromatic N) is 1. The van der Waals surface area contributed by atoms with Gasteiger partial charge in [-0.25, -0.2) is 4.98 Å². The minimum atomic E-state index is -0.200. The maximum atomic E-state index is 12.2. The minimum Gasteiger partial charge on any atom is -0.496 e.